The number of ether oxygens (including phenoxy) is 1. The van der Waals surface area contributed by atoms with Crippen LogP contribution in [-0.4, -0.2) is 28.4 Å². The van der Waals surface area contributed by atoms with Crippen LogP contribution in [0.15, 0.2) is 72.1 Å². The third kappa shape index (κ3) is 4.90. The van der Waals surface area contributed by atoms with Gasteiger partial charge in [0.25, 0.3) is 6.47 Å². The van der Waals surface area contributed by atoms with Gasteiger partial charge in [-0.1, -0.05) is 42.5 Å². The smallest absolute Gasteiger partial charge is 0.339 e. The number of aromatic hydroxyl groups is 1. The van der Waals surface area contributed by atoms with Gasteiger partial charge in [-0.05, 0) is 35.4 Å². The summed E-state index contributed by atoms with van der Waals surface area (Å²) in [6, 6.07) is 4.27. The van der Waals surface area contributed by atoms with Gasteiger partial charge >= 0.3 is 5.97 Å². The number of ketones is 1. The van der Waals surface area contributed by atoms with E-state index >= 15 is 0 Å². The van der Waals surface area contributed by atoms with Gasteiger partial charge in [0.05, 0.1) is 0 Å². The van der Waals surface area contributed by atoms with Crippen molar-refractivity contribution < 1.29 is 29.3 Å². The number of carboxylic acid groups (broad SMARTS) is 1. The number of carbonyl (C=O) groups is 3. The topological polar surface area (TPSA) is 101 Å². The number of phenols is 1. The highest BCUT2D eigenvalue weighted by molar-refractivity contribution is 6.05. The van der Waals surface area contributed by atoms with E-state index in [9.17, 15) is 19.5 Å². The Labute approximate surface area is 143 Å². The van der Waals surface area contributed by atoms with Crippen molar-refractivity contribution in [3.63, 3.8) is 0 Å². The highest BCUT2D eigenvalue weighted by Gasteiger charge is 2.12. The van der Waals surface area contributed by atoms with Crippen LogP contribution in [0, 0.1) is 0 Å². The van der Waals surface area contributed by atoms with Crippen molar-refractivity contribution in [3.05, 3.63) is 83.2 Å². The molecule has 0 saturated carbocycles. The molecule has 0 fully saturated rings. The van der Waals surface area contributed by atoms with Gasteiger partial charge in [0, 0.05) is 0 Å². The molecule has 6 heteroatoms. The fraction of sp³-hybridized carbons (Fsp3) is 0. The quantitative estimate of drug-likeness (QED) is 0.611. The third-order valence-electron chi connectivity index (χ3n) is 3.19. The molecule has 1 aromatic rings. The van der Waals surface area contributed by atoms with Gasteiger partial charge in [0.1, 0.15) is 11.3 Å². The van der Waals surface area contributed by atoms with Crippen molar-refractivity contribution in [2.75, 3.05) is 0 Å². The molecule has 25 heavy (non-hydrogen) atoms. The van der Waals surface area contributed by atoms with Crippen molar-refractivity contribution in [2.24, 2.45) is 0 Å². The van der Waals surface area contributed by atoms with Crippen LogP contribution in [0.3, 0.4) is 0 Å². The van der Waals surface area contributed by atoms with Gasteiger partial charge in [0.2, 0.25) is 5.78 Å². The highest BCUT2D eigenvalue weighted by Crippen LogP contribution is 2.19. The van der Waals surface area contributed by atoms with E-state index in [1.807, 2.05) is 0 Å². The lowest BCUT2D eigenvalue weighted by Gasteiger charge is -2.05. The molecule has 1 aliphatic carbocycles. The van der Waals surface area contributed by atoms with Crippen molar-refractivity contribution in [3.8, 4) is 5.75 Å². The third-order valence-corrected chi connectivity index (χ3v) is 3.19. The Morgan fingerprint density at radius 2 is 1.92 bits per heavy atom. The maximum absolute atomic E-state index is 11.4. The second-order valence-corrected chi connectivity index (χ2v) is 4.91. The van der Waals surface area contributed by atoms with Crippen LogP contribution in [0.25, 0.3) is 6.08 Å². The number of benzene rings is 1. The zero-order valence-corrected chi connectivity index (χ0v) is 13.0. The molecular formula is C19H14O6. The second-order valence-electron chi connectivity index (χ2n) is 4.91. The summed E-state index contributed by atoms with van der Waals surface area (Å²) >= 11 is 0. The maximum Gasteiger partial charge on any atom is 0.339 e. The molecule has 0 radical (unpaired) electrons. The van der Waals surface area contributed by atoms with Crippen molar-refractivity contribution in [2.45, 2.75) is 0 Å². The first kappa shape index (κ1) is 17.7. The molecule has 0 unspecified atom stereocenters. The lowest BCUT2D eigenvalue weighted by Crippen LogP contribution is -2.06. The Hall–Kier alpha value is -3.67. The summed E-state index contributed by atoms with van der Waals surface area (Å²) in [5, 5.41) is 18.4. The van der Waals surface area contributed by atoms with E-state index in [4.69, 9.17) is 5.11 Å². The van der Waals surface area contributed by atoms with Crippen LogP contribution in [-0.2, 0) is 14.3 Å². The second kappa shape index (κ2) is 8.26. The van der Waals surface area contributed by atoms with Crippen molar-refractivity contribution in [1.82, 2.24) is 0 Å². The van der Waals surface area contributed by atoms with Gasteiger partial charge in [-0.25, -0.2) is 4.79 Å². The SMILES string of the molecule is O=COC1=C/C(=C/C=C/C=C/c2ccc(O)c(C(=O)O)c2)C=CC1=O. The summed E-state index contributed by atoms with van der Waals surface area (Å²) in [5.74, 6) is -1.91. The Balaban J connectivity index is 2.06. The monoisotopic (exact) mass is 338 g/mol. The number of rotatable bonds is 6. The Kier molecular flexibility index (Phi) is 5.84. The molecule has 0 atom stereocenters. The van der Waals surface area contributed by atoms with E-state index in [1.165, 1.54) is 24.3 Å². The number of carbonyl (C=O) groups excluding carboxylic acids is 2. The normalized spacial score (nSPS) is 15.8. The van der Waals surface area contributed by atoms with Gasteiger partial charge in [-0.3, -0.25) is 9.59 Å². The largest absolute Gasteiger partial charge is 0.507 e. The van der Waals surface area contributed by atoms with E-state index in [2.05, 4.69) is 4.74 Å². The molecule has 0 spiro atoms. The molecule has 2 N–H and O–H groups in total. The summed E-state index contributed by atoms with van der Waals surface area (Å²) < 4.78 is 4.58. The molecule has 0 bridgehead atoms. The molecule has 0 amide bonds. The van der Waals surface area contributed by atoms with Crippen molar-refractivity contribution in [1.29, 1.82) is 0 Å². The first-order valence-corrected chi connectivity index (χ1v) is 7.17. The number of aromatic carboxylic acids is 1. The lowest BCUT2D eigenvalue weighted by molar-refractivity contribution is -0.129. The van der Waals surface area contributed by atoms with Gasteiger partial charge in [-0.2, -0.15) is 0 Å². The number of hydrogen-bond acceptors (Lipinski definition) is 5. The summed E-state index contributed by atoms with van der Waals surface area (Å²) in [7, 11) is 0. The number of allylic oxidation sites excluding steroid dienone is 8. The Morgan fingerprint density at radius 1 is 1.12 bits per heavy atom. The molecule has 0 aliphatic heterocycles. The minimum absolute atomic E-state index is 0.0435. The fourth-order valence-electron chi connectivity index (χ4n) is 2.00. The lowest BCUT2D eigenvalue weighted by atomic mass is 10.1. The van der Waals surface area contributed by atoms with E-state index in [1.54, 1.807) is 42.5 Å². The average Bonchev–Trinajstić information content (AvgIpc) is 2.58. The van der Waals surface area contributed by atoms with Crippen LogP contribution in [0.1, 0.15) is 15.9 Å². The van der Waals surface area contributed by atoms with Gasteiger partial charge in [-0.15, -0.1) is 0 Å². The molecule has 6 nitrogen and oxygen atoms in total. The molecular weight excluding hydrogens is 324 g/mol. The maximum atomic E-state index is 11.4. The zero-order chi connectivity index (χ0) is 18.2. The summed E-state index contributed by atoms with van der Waals surface area (Å²) in [4.78, 5) is 32.7. The average molecular weight is 338 g/mol. The van der Waals surface area contributed by atoms with E-state index in [0.29, 0.717) is 11.1 Å². The van der Waals surface area contributed by atoms with Gasteiger partial charge < -0.3 is 14.9 Å². The molecule has 1 aromatic carbocycles. The highest BCUT2D eigenvalue weighted by atomic mass is 16.5. The molecule has 0 heterocycles. The fourth-order valence-corrected chi connectivity index (χ4v) is 2.00. The van der Waals surface area contributed by atoms with Crippen LogP contribution in [0.2, 0.25) is 0 Å². The first-order chi connectivity index (χ1) is 12.0. The zero-order valence-electron chi connectivity index (χ0n) is 13.0. The number of hydrogen-bond donors (Lipinski definition) is 2. The molecule has 2 rings (SSSR count). The number of carboxylic acids is 1. The minimum atomic E-state index is -1.20. The van der Waals surface area contributed by atoms with E-state index < -0.39 is 5.97 Å². The first-order valence-electron chi connectivity index (χ1n) is 7.17. The van der Waals surface area contributed by atoms with Crippen molar-refractivity contribution >= 4 is 24.3 Å². The molecule has 0 saturated heterocycles. The van der Waals surface area contributed by atoms with Crippen LogP contribution in [0.5, 0.6) is 5.75 Å². The predicted molar refractivity (Wildman–Crippen MR) is 90.7 cm³/mol. The van der Waals surface area contributed by atoms with Crippen LogP contribution >= 0.6 is 0 Å². The van der Waals surface area contributed by atoms with Crippen LogP contribution in [0.4, 0.5) is 0 Å². The van der Waals surface area contributed by atoms with E-state index in [-0.39, 0.29) is 29.3 Å². The van der Waals surface area contributed by atoms with E-state index in [0.717, 1.165) is 0 Å². The van der Waals surface area contributed by atoms with Crippen LogP contribution < -0.4 is 0 Å². The summed E-state index contributed by atoms with van der Waals surface area (Å²) in [6.45, 7) is 0.197. The summed E-state index contributed by atoms with van der Waals surface area (Å²) in [5.41, 5.74) is 1.13. The Morgan fingerprint density at radius 3 is 2.64 bits per heavy atom. The Bertz CT molecular complexity index is 853. The van der Waals surface area contributed by atoms with Gasteiger partial charge in [0.15, 0.2) is 5.76 Å². The standard InChI is InChI=1S/C19H14O6/c20-12-25-18-11-14(7-9-17(18)22)5-3-1-2-4-13-6-8-16(21)15(10-13)19(23)24/h1-12,21H,(H,23,24)/b3-1+,4-2+,14-5+. The minimum Gasteiger partial charge on any atom is -0.507 e. The predicted octanol–water partition coefficient (Wildman–Crippen LogP) is 2.78. The molecule has 126 valence electrons. The summed E-state index contributed by atoms with van der Waals surface area (Å²) in [6.07, 6.45) is 12.8. The molecule has 1 aliphatic rings. The molecule has 0 aromatic heterocycles.